The number of carboxylic acid groups (broad SMARTS) is 1. The Labute approximate surface area is 362 Å². The molecule has 18 nitrogen and oxygen atoms in total. The number of rotatable bonds is 23. The van der Waals surface area contributed by atoms with E-state index in [0.29, 0.717) is 73.0 Å². The molecule has 1 aliphatic heterocycles. The van der Waals surface area contributed by atoms with E-state index in [-0.39, 0.29) is 40.3 Å². The molecule has 1 aromatic heterocycles. The van der Waals surface area contributed by atoms with Crippen LogP contribution in [-0.2, 0) is 12.8 Å². The minimum absolute atomic E-state index is 0.0262. The number of phenols is 1. The predicted octanol–water partition coefficient (Wildman–Crippen LogP) is 2.86. The molecule has 4 aromatic rings. The Bertz CT molecular complexity index is 2430. The van der Waals surface area contributed by atoms with Crippen molar-refractivity contribution in [3.8, 4) is 28.2 Å². The molecule has 1 aliphatic carbocycles. The number of urea groups is 1. The minimum Gasteiger partial charge on any atom is -0.508 e. The maximum Gasteiger partial charge on any atom is 0.336 e. The van der Waals surface area contributed by atoms with Crippen LogP contribution in [0.25, 0.3) is 33.4 Å². The first-order valence-corrected chi connectivity index (χ1v) is 20.7. The number of aliphatic hydroxyl groups is 4. The lowest BCUT2D eigenvalue weighted by atomic mass is 9.90. The monoisotopic (exact) mass is 866 g/mol. The van der Waals surface area contributed by atoms with E-state index < -0.39 is 49.0 Å². The van der Waals surface area contributed by atoms with Gasteiger partial charge in [0.15, 0.2) is 5.43 Å². The second-order valence-electron chi connectivity index (χ2n) is 15.2. The Morgan fingerprint density at radius 2 is 1.60 bits per heavy atom. The molecule has 3 aromatic carbocycles. The van der Waals surface area contributed by atoms with Crippen LogP contribution in [0.3, 0.4) is 0 Å². The number of fused-ring (bicyclic) bond motifs is 2. The summed E-state index contributed by atoms with van der Waals surface area (Å²) in [6.07, 6.45) is 1.88. The maximum atomic E-state index is 12.8. The van der Waals surface area contributed by atoms with Gasteiger partial charge in [0.05, 0.1) is 17.6 Å². The number of likely N-dealkylation sites (N-methyl/N-ethyl adjacent to an activating group) is 1. The first-order valence-electron chi connectivity index (χ1n) is 20.7. The number of aliphatic hydroxyl groups excluding tert-OH is 4. The molecular weight excluding hydrogens is 813 g/mol. The van der Waals surface area contributed by atoms with Gasteiger partial charge in [-0.2, -0.15) is 0 Å². The van der Waals surface area contributed by atoms with Crippen molar-refractivity contribution >= 4 is 28.7 Å². The number of carbonyl (C=O) groups is 2. The Kier molecular flexibility index (Phi) is 16.3. The van der Waals surface area contributed by atoms with Gasteiger partial charge in [0.2, 0.25) is 0 Å². The molecule has 0 spiro atoms. The molecule has 0 unspecified atom stereocenters. The highest BCUT2D eigenvalue weighted by Gasteiger charge is 2.28. The summed E-state index contributed by atoms with van der Waals surface area (Å²) in [4.78, 5) is 44.7. The summed E-state index contributed by atoms with van der Waals surface area (Å²) < 4.78 is 5.88. The zero-order valence-corrected chi connectivity index (χ0v) is 34.6. The number of phenolic OH excluding ortho intramolecular Hbond substituents is 1. The van der Waals surface area contributed by atoms with E-state index in [0.717, 1.165) is 5.56 Å². The van der Waals surface area contributed by atoms with Crippen molar-refractivity contribution in [2.24, 2.45) is 0 Å². The van der Waals surface area contributed by atoms with Gasteiger partial charge < -0.3 is 50.7 Å². The lowest BCUT2D eigenvalue weighted by molar-refractivity contribution is 0.0108. The van der Waals surface area contributed by atoms with E-state index in [1.807, 2.05) is 30.3 Å². The molecule has 6 atom stereocenters. The Balaban J connectivity index is 0.952. The van der Waals surface area contributed by atoms with Gasteiger partial charge in [-0.25, -0.2) is 14.6 Å². The number of imidazole rings is 1. The molecule has 334 valence electrons. The minimum atomic E-state index is -1.24. The molecule has 2 amide bonds. The fourth-order valence-corrected chi connectivity index (χ4v) is 7.38. The second-order valence-corrected chi connectivity index (χ2v) is 15.2. The van der Waals surface area contributed by atoms with E-state index in [2.05, 4.69) is 41.9 Å². The highest BCUT2D eigenvalue weighted by Crippen LogP contribution is 2.42. The summed E-state index contributed by atoms with van der Waals surface area (Å²) >= 11 is 0. The van der Waals surface area contributed by atoms with Crippen molar-refractivity contribution < 1.29 is 44.6 Å². The number of aromatic nitrogens is 2. The largest absolute Gasteiger partial charge is 0.508 e. The zero-order valence-electron chi connectivity index (χ0n) is 34.6. The van der Waals surface area contributed by atoms with E-state index in [4.69, 9.17) is 4.42 Å². The van der Waals surface area contributed by atoms with Gasteiger partial charge in [0, 0.05) is 66.2 Å². The van der Waals surface area contributed by atoms with Crippen molar-refractivity contribution in [2.75, 3.05) is 25.5 Å². The van der Waals surface area contributed by atoms with Crippen LogP contribution in [0.4, 0.5) is 10.5 Å². The summed E-state index contributed by atoms with van der Waals surface area (Å²) in [6, 6.07) is 20.8. The van der Waals surface area contributed by atoms with E-state index in [1.165, 1.54) is 30.3 Å². The molecule has 2 heterocycles. The van der Waals surface area contributed by atoms with Crippen molar-refractivity contribution in [3.05, 3.63) is 124 Å². The molecule has 6 rings (SSSR count). The van der Waals surface area contributed by atoms with Gasteiger partial charge in [0.1, 0.15) is 47.8 Å². The van der Waals surface area contributed by atoms with E-state index >= 15 is 0 Å². The third kappa shape index (κ3) is 12.9. The van der Waals surface area contributed by atoms with Crippen LogP contribution in [-0.4, -0.2) is 110 Å². The van der Waals surface area contributed by atoms with Gasteiger partial charge in [-0.1, -0.05) is 42.8 Å². The molecule has 2 aliphatic rings. The number of aromatic hydroxyl groups is 1. The van der Waals surface area contributed by atoms with E-state index in [1.54, 1.807) is 43.7 Å². The lowest BCUT2D eigenvalue weighted by Gasteiger charge is -2.32. The number of nitrogens with one attached hydrogen (secondary N) is 7. The number of benzene rings is 4. The second kappa shape index (κ2) is 22.2. The number of H-pyrrole nitrogens is 1. The average molecular weight is 867 g/mol. The first-order chi connectivity index (χ1) is 30.4. The summed E-state index contributed by atoms with van der Waals surface area (Å²) in [5.41, 5.74) is 2.32. The summed E-state index contributed by atoms with van der Waals surface area (Å²) in [7, 11) is 1.60. The quantitative estimate of drug-likeness (QED) is 0.0251. The van der Waals surface area contributed by atoms with Crippen LogP contribution in [0.5, 0.6) is 5.75 Å². The average Bonchev–Trinajstić information content (AvgIpc) is 3.78. The standard InChI is InChI=1S/C45H54N8O10/c1-46-42(58)35(24-38-47-18-19-48-38)53-43(59)34(20-26-8-4-2-5-9-26)52-40(57)25-50-39(56)10-6-3-7-17-49-45(62)51-27-11-14-30(33(21-27)44(60)61)41-31-15-12-28(54)22-36(31)63-37-23-29(55)13-16-32(37)41/h2,4-5,8-9,11-16,18-19,21-23,34-35,39-40,42-43,46,50,52-54,56-59H,3,6-7,10,17,20,24-25H2,1H3,(H,47,48)(H,60,61)(H2,49,51,62)/t34-,35-,39+,40-,42-,43+/m0/s1. The van der Waals surface area contributed by atoms with Crippen LogP contribution >= 0.6 is 0 Å². The predicted molar refractivity (Wildman–Crippen MR) is 236 cm³/mol. The number of nitrogens with zero attached hydrogens (tertiary/aromatic N) is 1. The van der Waals surface area contributed by atoms with Crippen LogP contribution in [0, 0.1) is 0 Å². The number of carbonyl (C=O) groups excluding carboxylic acids is 1. The number of carboxylic acids is 1. The summed E-state index contributed by atoms with van der Waals surface area (Å²) in [5, 5.41) is 81.4. The highest BCUT2D eigenvalue weighted by atomic mass is 16.4. The molecule has 0 saturated carbocycles. The van der Waals surface area contributed by atoms with Crippen LogP contribution in [0.15, 0.2) is 107 Å². The number of anilines is 1. The third-order valence-electron chi connectivity index (χ3n) is 10.6. The van der Waals surface area contributed by atoms with Crippen LogP contribution in [0.1, 0.15) is 47.4 Å². The van der Waals surface area contributed by atoms with Gasteiger partial charge in [-0.15, -0.1) is 0 Å². The number of hydrogen-bond acceptors (Lipinski definition) is 14. The number of hydrogen-bond donors (Lipinski definition) is 13. The number of aromatic amines is 1. The summed E-state index contributed by atoms with van der Waals surface area (Å²) in [6.45, 7) is 0.288. The first kappa shape index (κ1) is 46.3. The molecule has 0 radical (unpaired) electrons. The SMILES string of the molecule is CN[C@@H](O)[C@H](Cc1ncc[nH]1)N[C@H](O)[C@H](Cc1ccccc1)N[C@@H](O)CN[C@H](O)CCCCCNC(=O)Nc1ccc(-c2c3ccc(=O)cc-3oc3cc(O)ccc23)c(C(=O)O)c1. The topological polar surface area (TPSA) is 287 Å². The van der Waals surface area contributed by atoms with Gasteiger partial charge in [0.25, 0.3) is 0 Å². The highest BCUT2D eigenvalue weighted by molar-refractivity contribution is 6.08. The molecule has 0 fully saturated rings. The van der Waals surface area contributed by atoms with E-state index in [9.17, 15) is 45.0 Å². The molecule has 63 heavy (non-hydrogen) atoms. The maximum absolute atomic E-state index is 12.8. The number of unbranched alkanes of at least 4 members (excludes halogenated alkanes) is 2. The van der Waals surface area contributed by atoms with Gasteiger partial charge >= 0.3 is 12.0 Å². The van der Waals surface area contributed by atoms with Crippen molar-refractivity contribution in [2.45, 2.75) is 75.5 Å². The number of aromatic carboxylic acids is 1. The molecule has 13 N–H and O–H groups in total. The smallest absolute Gasteiger partial charge is 0.336 e. The molecule has 0 bridgehead atoms. The Morgan fingerprint density at radius 3 is 2.35 bits per heavy atom. The molecule has 0 saturated heterocycles. The van der Waals surface area contributed by atoms with Crippen molar-refractivity contribution in [3.63, 3.8) is 0 Å². The molecular formula is C45H54N8O10. The molecule has 18 heteroatoms. The van der Waals surface area contributed by atoms with Gasteiger partial charge in [-0.3, -0.25) is 26.1 Å². The summed E-state index contributed by atoms with van der Waals surface area (Å²) in [5.74, 6) is -0.464. The lowest BCUT2D eigenvalue weighted by Crippen LogP contribution is -2.60. The zero-order chi connectivity index (χ0) is 44.9. The Hall–Kier alpha value is -6.22. The normalized spacial score (nSPS) is 14.5. The van der Waals surface area contributed by atoms with Crippen LogP contribution in [0.2, 0.25) is 0 Å². The van der Waals surface area contributed by atoms with Crippen molar-refractivity contribution in [1.29, 1.82) is 0 Å². The van der Waals surface area contributed by atoms with Gasteiger partial charge in [-0.05, 0) is 80.3 Å². The Morgan fingerprint density at radius 1 is 0.825 bits per heavy atom. The fourth-order valence-electron chi connectivity index (χ4n) is 7.38. The third-order valence-corrected chi connectivity index (χ3v) is 10.6. The number of amides is 2. The fraction of sp³-hybridized carbons (Fsp3) is 0.333. The van der Waals surface area contributed by atoms with Crippen molar-refractivity contribution in [1.82, 2.24) is 36.6 Å². The van der Waals surface area contributed by atoms with Crippen LogP contribution < -0.4 is 37.3 Å².